The van der Waals surface area contributed by atoms with Crippen molar-refractivity contribution < 1.29 is 19.7 Å². The second-order valence-corrected chi connectivity index (χ2v) is 8.98. The maximum atomic E-state index is 12.2. The van der Waals surface area contributed by atoms with Gasteiger partial charge in [-0.25, -0.2) is 9.78 Å². The summed E-state index contributed by atoms with van der Waals surface area (Å²) >= 11 is 1.37. The molecule has 3 N–H and O–H groups in total. The van der Waals surface area contributed by atoms with Crippen LogP contribution in [0.1, 0.15) is 45.1 Å². The molecule has 7 heteroatoms. The number of benzene rings is 2. The van der Waals surface area contributed by atoms with E-state index < -0.39 is 18.3 Å². The fraction of sp³-hybridized carbons (Fsp3) is 0.333. The van der Waals surface area contributed by atoms with Crippen LogP contribution in [0.2, 0.25) is 0 Å². The van der Waals surface area contributed by atoms with Gasteiger partial charge in [0.2, 0.25) is 0 Å². The van der Waals surface area contributed by atoms with Gasteiger partial charge in [-0.15, -0.1) is 11.3 Å². The highest BCUT2D eigenvalue weighted by Gasteiger charge is 2.29. The number of thiazole rings is 1. The minimum absolute atomic E-state index is 0.00180. The standard InChI is InChI=1S/C24H26N2O4S/c1-14-15(2)31-23(26-14)22(28)21(27)11-12-25-24(29)30-13-20-18-9-5-3-7-16(18)17-8-4-6-10-19(17)20/h3-10,20-22,27-28H,11-13H2,1-2H3,(H,25,29). The van der Waals surface area contributed by atoms with Crippen molar-refractivity contribution in [3.05, 3.63) is 75.2 Å². The summed E-state index contributed by atoms with van der Waals surface area (Å²) in [6.45, 7) is 4.22. The van der Waals surface area contributed by atoms with Crippen LogP contribution in [0.4, 0.5) is 4.79 Å². The fourth-order valence-electron chi connectivity index (χ4n) is 3.92. The number of amides is 1. The number of aliphatic hydroxyl groups is 2. The summed E-state index contributed by atoms with van der Waals surface area (Å²) in [5, 5.41) is 23.7. The van der Waals surface area contributed by atoms with E-state index >= 15 is 0 Å². The minimum Gasteiger partial charge on any atom is -0.449 e. The lowest BCUT2D eigenvalue weighted by molar-refractivity contribution is 0.0135. The van der Waals surface area contributed by atoms with Crippen molar-refractivity contribution in [3.63, 3.8) is 0 Å². The monoisotopic (exact) mass is 438 g/mol. The summed E-state index contributed by atoms with van der Waals surface area (Å²) in [5.41, 5.74) is 5.52. The zero-order valence-electron chi connectivity index (χ0n) is 17.5. The van der Waals surface area contributed by atoms with E-state index in [2.05, 4.69) is 34.6 Å². The highest BCUT2D eigenvalue weighted by molar-refractivity contribution is 7.11. The van der Waals surface area contributed by atoms with Crippen LogP contribution in [-0.2, 0) is 4.74 Å². The molecule has 0 saturated heterocycles. The van der Waals surface area contributed by atoms with E-state index in [9.17, 15) is 15.0 Å². The van der Waals surface area contributed by atoms with Crippen LogP contribution in [0, 0.1) is 13.8 Å². The molecule has 1 aliphatic carbocycles. The molecule has 2 atom stereocenters. The Labute approximate surface area is 185 Å². The topological polar surface area (TPSA) is 91.7 Å². The first-order valence-electron chi connectivity index (χ1n) is 10.3. The fourth-order valence-corrected chi connectivity index (χ4v) is 4.89. The Morgan fingerprint density at radius 3 is 2.29 bits per heavy atom. The van der Waals surface area contributed by atoms with Crippen LogP contribution >= 0.6 is 11.3 Å². The number of aromatic nitrogens is 1. The number of nitrogens with zero attached hydrogens (tertiary/aromatic N) is 1. The van der Waals surface area contributed by atoms with Gasteiger partial charge in [0.05, 0.1) is 11.8 Å². The third kappa shape index (κ3) is 4.49. The van der Waals surface area contributed by atoms with Gasteiger partial charge in [0, 0.05) is 17.3 Å². The number of fused-ring (bicyclic) bond motifs is 3. The van der Waals surface area contributed by atoms with Crippen molar-refractivity contribution in [2.24, 2.45) is 0 Å². The normalized spacial score (nSPS) is 14.6. The average molecular weight is 439 g/mol. The van der Waals surface area contributed by atoms with Gasteiger partial charge in [0.25, 0.3) is 0 Å². The molecular formula is C24H26N2O4S. The largest absolute Gasteiger partial charge is 0.449 e. The van der Waals surface area contributed by atoms with Crippen LogP contribution in [0.3, 0.4) is 0 Å². The van der Waals surface area contributed by atoms with E-state index in [-0.39, 0.29) is 25.5 Å². The van der Waals surface area contributed by atoms with E-state index in [1.165, 1.54) is 22.5 Å². The van der Waals surface area contributed by atoms with Crippen molar-refractivity contribution in [2.75, 3.05) is 13.2 Å². The van der Waals surface area contributed by atoms with E-state index in [0.29, 0.717) is 5.01 Å². The molecule has 31 heavy (non-hydrogen) atoms. The lowest BCUT2D eigenvalue weighted by Gasteiger charge is -2.17. The van der Waals surface area contributed by atoms with Crippen LogP contribution in [0.5, 0.6) is 0 Å². The molecule has 0 bridgehead atoms. The van der Waals surface area contributed by atoms with Crippen LogP contribution in [-0.4, -0.2) is 40.5 Å². The summed E-state index contributed by atoms with van der Waals surface area (Å²) < 4.78 is 5.48. The summed E-state index contributed by atoms with van der Waals surface area (Å²) in [5.74, 6) is 0.00180. The molecule has 0 saturated carbocycles. The first-order valence-corrected chi connectivity index (χ1v) is 11.2. The predicted octanol–water partition coefficient (Wildman–Crippen LogP) is 4.08. The Kier molecular flexibility index (Phi) is 6.36. The number of aliphatic hydroxyl groups excluding tert-OH is 2. The molecule has 1 amide bonds. The summed E-state index contributed by atoms with van der Waals surface area (Å²) in [6, 6.07) is 16.3. The van der Waals surface area contributed by atoms with Gasteiger partial charge in [-0.1, -0.05) is 48.5 Å². The van der Waals surface area contributed by atoms with E-state index in [0.717, 1.165) is 21.7 Å². The summed E-state index contributed by atoms with van der Waals surface area (Å²) in [7, 11) is 0. The molecular weight excluding hydrogens is 412 g/mol. The highest BCUT2D eigenvalue weighted by atomic mass is 32.1. The second-order valence-electron chi connectivity index (χ2n) is 7.75. The van der Waals surface area contributed by atoms with Crippen molar-refractivity contribution in [3.8, 4) is 11.1 Å². The van der Waals surface area contributed by atoms with Crippen molar-refractivity contribution in [1.82, 2.24) is 10.3 Å². The third-order valence-electron chi connectivity index (χ3n) is 5.72. The number of carbonyl (C=O) groups excluding carboxylic acids is 1. The first-order chi connectivity index (χ1) is 15.0. The Balaban J connectivity index is 1.28. The number of rotatable bonds is 7. The summed E-state index contributed by atoms with van der Waals surface area (Å²) in [6.07, 6.45) is -2.42. The smallest absolute Gasteiger partial charge is 0.407 e. The molecule has 6 nitrogen and oxygen atoms in total. The van der Waals surface area contributed by atoms with Crippen LogP contribution in [0.25, 0.3) is 11.1 Å². The Morgan fingerprint density at radius 1 is 1.10 bits per heavy atom. The van der Waals surface area contributed by atoms with E-state index in [1.807, 2.05) is 38.1 Å². The second kappa shape index (κ2) is 9.18. The van der Waals surface area contributed by atoms with Gasteiger partial charge in [-0.05, 0) is 42.5 Å². The summed E-state index contributed by atoms with van der Waals surface area (Å²) in [4.78, 5) is 17.5. The van der Waals surface area contributed by atoms with E-state index in [4.69, 9.17) is 4.74 Å². The lowest BCUT2D eigenvalue weighted by Crippen LogP contribution is -2.30. The Hall–Kier alpha value is -2.74. The first kappa shape index (κ1) is 21.5. The molecule has 3 aromatic rings. The zero-order valence-corrected chi connectivity index (χ0v) is 18.4. The quantitative estimate of drug-likeness (QED) is 0.517. The van der Waals surface area contributed by atoms with Crippen LogP contribution in [0.15, 0.2) is 48.5 Å². The van der Waals surface area contributed by atoms with Gasteiger partial charge in [-0.3, -0.25) is 0 Å². The zero-order chi connectivity index (χ0) is 22.0. The van der Waals surface area contributed by atoms with Gasteiger partial charge >= 0.3 is 6.09 Å². The maximum absolute atomic E-state index is 12.2. The van der Waals surface area contributed by atoms with Crippen LogP contribution < -0.4 is 5.32 Å². The molecule has 2 aromatic carbocycles. The Morgan fingerprint density at radius 2 is 1.71 bits per heavy atom. The predicted molar refractivity (Wildman–Crippen MR) is 120 cm³/mol. The number of ether oxygens (including phenoxy) is 1. The van der Waals surface area contributed by atoms with Crippen molar-refractivity contribution >= 4 is 17.4 Å². The van der Waals surface area contributed by atoms with Gasteiger partial charge in [0.15, 0.2) is 0 Å². The molecule has 0 aliphatic heterocycles. The van der Waals surface area contributed by atoms with Crippen molar-refractivity contribution in [2.45, 2.75) is 38.4 Å². The molecule has 0 spiro atoms. The van der Waals surface area contributed by atoms with Gasteiger partial charge in [0.1, 0.15) is 17.7 Å². The number of nitrogens with one attached hydrogen (secondary N) is 1. The third-order valence-corrected chi connectivity index (χ3v) is 6.86. The number of carbonyl (C=O) groups is 1. The molecule has 1 heterocycles. The molecule has 2 unspecified atom stereocenters. The van der Waals surface area contributed by atoms with Gasteiger partial charge < -0.3 is 20.3 Å². The average Bonchev–Trinajstić information content (AvgIpc) is 3.28. The molecule has 162 valence electrons. The van der Waals surface area contributed by atoms with E-state index in [1.54, 1.807) is 0 Å². The Bertz CT molecular complexity index is 1020. The number of hydrogen-bond donors (Lipinski definition) is 3. The number of hydrogen-bond acceptors (Lipinski definition) is 6. The maximum Gasteiger partial charge on any atom is 0.407 e. The van der Waals surface area contributed by atoms with Gasteiger partial charge in [-0.2, -0.15) is 0 Å². The molecule has 0 fully saturated rings. The lowest BCUT2D eigenvalue weighted by atomic mass is 9.98. The molecule has 1 aliphatic rings. The van der Waals surface area contributed by atoms with Crippen molar-refractivity contribution in [1.29, 1.82) is 0 Å². The number of aryl methyl sites for hydroxylation is 2. The minimum atomic E-state index is -1.07. The number of alkyl carbamates (subject to hydrolysis) is 1. The molecule has 4 rings (SSSR count). The molecule has 1 aromatic heterocycles. The highest BCUT2D eigenvalue weighted by Crippen LogP contribution is 2.44. The molecule has 0 radical (unpaired) electrons. The SMILES string of the molecule is Cc1nc(C(O)C(O)CCNC(=O)OCC2c3ccccc3-c3ccccc32)sc1C.